The van der Waals surface area contributed by atoms with Crippen LogP contribution in [0.25, 0.3) is 0 Å². The van der Waals surface area contributed by atoms with E-state index in [1.54, 1.807) is 0 Å². The first-order chi connectivity index (χ1) is 8.16. The van der Waals surface area contributed by atoms with E-state index in [9.17, 15) is 4.79 Å². The number of nitrogens with two attached hydrogens (primary N) is 1. The van der Waals surface area contributed by atoms with Crippen molar-refractivity contribution in [3.05, 3.63) is 35.4 Å². The molecule has 1 atom stereocenters. The van der Waals surface area contributed by atoms with Crippen molar-refractivity contribution in [1.82, 2.24) is 4.90 Å². The second kappa shape index (κ2) is 5.56. The van der Waals surface area contributed by atoms with E-state index >= 15 is 0 Å². The van der Waals surface area contributed by atoms with Crippen LogP contribution in [0.5, 0.6) is 0 Å². The van der Waals surface area contributed by atoms with Crippen molar-refractivity contribution in [2.45, 2.75) is 13.0 Å². The van der Waals surface area contributed by atoms with Crippen molar-refractivity contribution >= 4 is 17.7 Å². The summed E-state index contributed by atoms with van der Waals surface area (Å²) in [7, 11) is 0. The lowest BCUT2D eigenvalue weighted by Gasteiger charge is -2.34. The molecule has 1 saturated heterocycles. The van der Waals surface area contributed by atoms with E-state index in [1.165, 1.54) is 11.1 Å². The number of carbonyl (C=O) groups excluding carboxylic acids is 1. The Hall–Kier alpha value is -1.00. The third kappa shape index (κ3) is 3.23. The van der Waals surface area contributed by atoms with Crippen LogP contribution < -0.4 is 5.73 Å². The second-order valence-electron chi connectivity index (χ2n) is 4.44. The number of nitrogens with zero attached hydrogens (tertiary/aromatic N) is 1. The van der Waals surface area contributed by atoms with Gasteiger partial charge in [-0.25, -0.2) is 0 Å². The third-order valence-electron chi connectivity index (χ3n) is 3.06. The first-order valence-electron chi connectivity index (χ1n) is 5.83. The number of thioether (sulfide) groups is 1. The van der Waals surface area contributed by atoms with Gasteiger partial charge < -0.3 is 5.73 Å². The van der Waals surface area contributed by atoms with Crippen LogP contribution in [0.1, 0.15) is 17.2 Å². The zero-order chi connectivity index (χ0) is 12.3. The quantitative estimate of drug-likeness (QED) is 0.885. The minimum atomic E-state index is -0.242. The monoisotopic (exact) mass is 250 g/mol. The SMILES string of the molecule is Cc1ccc(C2CSCCN2CC(N)=O)cc1. The van der Waals surface area contributed by atoms with E-state index in [0.717, 1.165) is 18.1 Å². The van der Waals surface area contributed by atoms with Gasteiger partial charge in [-0.2, -0.15) is 11.8 Å². The van der Waals surface area contributed by atoms with E-state index in [2.05, 4.69) is 36.1 Å². The lowest BCUT2D eigenvalue weighted by molar-refractivity contribution is -0.119. The molecule has 0 spiro atoms. The minimum absolute atomic E-state index is 0.242. The number of hydrogen-bond acceptors (Lipinski definition) is 3. The summed E-state index contributed by atoms with van der Waals surface area (Å²) in [4.78, 5) is 13.3. The summed E-state index contributed by atoms with van der Waals surface area (Å²) in [5.41, 5.74) is 7.84. The Morgan fingerprint density at radius 1 is 1.47 bits per heavy atom. The molecule has 1 aliphatic heterocycles. The van der Waals surface area contributed by atoms with Gasteiger partial charge in [-0.1, -0.05) is 29.8 Å². The van der Waals surface area contributed by atoms with Crippen LogP contribution in [0.4, 0.5) is 0 Å². The van der Waals surface area contributed by atoms with E-state index in [-0.39, 0.29) is 5.91 Å². The Morgan fingerprint density at radius 3 is 2.82 bits per heavy atom. The molecule has 1 fully saturated rings. The van der Waals surface area contributed by atoms with Crippen molar-refractivity contribution in [3.63, 3.8) is 0 Å². The summed E-state index contributed by atoms with van der Waals surface area (Å²) < 4.78 is 0. The third-order valence-corrected chi connectivity index (χ3v) is 4.08. The molecule has 3 nitrogen and oxygen atoms in total. The zero-order valence-electron chi connectivity index (χ0n) is 10.1. The van der Waals surface area contributed by atoms with E-state index in [1.807, 2.05) is 11.8 Å². The van der Waals surface area contributed by atoms with E-state index in [4.69, 9.17) is 5.73 Å². The maximum atomic E-state index is 11.1. The van der Waals surface area contributed by atoms with E-state index < -0.39 is 0 Å². The summed E-state index contributed by atoms with van der Waals surface area (Å²) in [6.45, 7) is 3.38. The topological polar surface area (TPSA) is 46.3 Å². The van der Waals surface area contributed by atoms with Gasteiger partial charge in [-0.05, 0) is 12.5 Å². The predicted octanol–water partition coefficient (Wildman–Crippen LogP) is 1.57. The molecule has 0 bridgehead atoms. The van der Waals surface area contributed by atoms with Crippen LogP contribution in [-0.2, 0) is 4.79 Å². The predicted molar refractivity (Wildman–Crippen MR) is 72.0 cm³/mol. The van der Waals surface area contributed by atoms with Crippen LogP contribution in [0.3, 0.4) is 0 Å². The maximum Gasteiger partial charge on any atom is 0.231 e. The Kier molecular flexibility index (Phi) is 4.07. The first-order valence-corrected chi connectivity index (χ1v) is 6.99. The van der Waals surface area contributed by atoms with Crippen molar-refractivity contribution in [2.24, 2.45) is 5.73 Å². The van der Waals surface area contributed by atoms with E-state index in [0.29, 0.717) is 12.6 Å². The normalized spacial score (nSPS) is 21.4. The number of amides is 1. The van der Waals surface area contributed by atoms with Crippen molar-refractivity contribution in [1.29, 1.82) is 0 Å². The fraction of sp³-hybridized carbons (Fsp3) is 0.462. The lowest BCUT2D eigenvalue weighted by Crippen LogP contribution is -2.41. The molecule has 1 amide bonds. The van der Waals surface area contributed by atoms with Crippen LogP contribution in [0.2, 0.25) is 0 Å². The zero-order valence-corrected chi connectivity index (χ0v) is 10.9. The van der Waals surface area contributed by atoms with Gasteiger partial charge in [0, 0.05) is 24.1 Å². The molecule has 0 aliphatic carbocycles. The fourth-order valence-electron chi connectivity index (χ4n) is 2.12. The molecule has 92 valence electrons. The summed E-state index contributed by atoms with van der Waals surface area (Å²) in [5.74, 6) is 1.88. The number of primary amides is 1. The van der Waals surface area contributed by atoms with Crippen LogP contribution in [0.15, 0.2) is 24.3 Å². The van der Waals surface area contributed by atoms with Gasteiger partial charge in [-0.15, -0.1) is 0 Å². The fourth-order valence-corrected chi connectivity index (χ4v) is 3.28. The molecule has 17 heavy (non-hydrogen) atoms. The highest BCUT2D eigenvalue weighted by atomic mass is 32.2. The summed E-state index contributed by atoms with van der Waals surface area (Å²) in [6.07, 6.45) is 0. The molecule has 0 radical (unpaired) electrons. The van der Waals surface area contributed by atoms with Gasteiger partial charge in [0.2, 0.25) is 5.91 Å². The number of rotatable bonds is 3. The van der Waals surface area contributed by atoms with Crippen LogP contribution in [-0.4, -0.2) is 35.4 Å². The maximum absolute atomic E-state index is 11.1. The highest BCUT2D eigenvalue weighted by molar-refractivity contribution is 7.99. The van der Waals surface area contributed by atoms with Gasteiger partial charge in [0.1, 0.15) is 0 Å². The number of benzene rings is 1. The molecule has 2 rings (SSSR count). The Bertz CT molecular complexity index is 391. The largest absolute Gasteiger partial charge is 0.369 e. The summed E-state index contributed by atoms with van der Waals surface area (Å²) in [6, 6.07) is 8.87. The Morgan fingerprint density at radius 2 is 2.18 bits per heavy atom. The van der Waals surface area contributed by atoms with Crippen LogP contribution in [0, 0.1) is 6.92 Å². The molecular formula is C13H18N2OS. The summed E-state index contributed by atoms with van der Waals surface area (Å²) >= 11 is 1.94. The molecule has 1 unspecified atom stereocenters. The molecule has 1 aromatic carbocycles. The molecule has 2 N–H and O–H groups in total. The summed E-state index contributed by atoms with van der Waals surface area (Å²) in [5, 5.41) is 0. The van der Waals surface area contributed by atoms with Gasteiger partial charge >= 0.3 is 0 Å². The van der Waals surface area contributed by atoms with Crippen molar-refractivity contribution in [2.75, 3.05) is 24.6 Å². The molecule has 0 aromatic heterocycles. The molecule has 4 heteroatoms. The standard InChI is InChI=1S/C13H18N2OS/c1-10-2-4-11(5-3-10)12-9-17-7-6-15(12)8-13(14)16/h2-5,12H,6-9H2,1H3,(H2,14,16). The number of carbonyl (C=O) groups is 1. The van der Waals surface area contributed by atoms with Gasteiger partial charge in [0.15, 0.2) is 0 Å². The van der Waals surface area contributed by atoms with Gasteiger partial charge in [0.25, 0.3) is 0 Å². The average molecular weight is 250 g/mol. The second-order valence-corrected chi connectivity index (χ2v) is 5.59. The Labute approximate surface area is 106 Å². The molecule has 1 heterocycles. The molecule has 0 saturated carbocycles. The van der Waals surface area contributed by atoms with Crippen LogP contribution >= 0.6 is 11.8 Å². The highest BCUT2D eigenvalue weighted by Crippen LogP contribution is 2.29. The highest BCUT2D eigenvalue weighted by Gasteiger charge is 2.25. The first kappa shape index (κ1) is 12.5. The lowest BCUT2D eigenvalue weighted by atomic mass is 10.0. The molecule has 1 aliphatic rings. The Balaban J connectivity index is 2.15. The molecular weight excluding hydrogens is 232 g/mol. The van der Waals surface area contributed by atoms with Crippen molar-refractivity contribution < 1.29 is 4.79 Å². The van der Waals surface area contributed by atoms with Crippen molar-refractivity contribution in [3.8, 4) is 0 Å². The van der Waals surface area contributed by atoms with Gasteiger partial charge in [0.05, 0.1) is 6.54 Å². The minimum Gasteiger partial charge on any atom is -0.369 e. The smallest absolute Gasteiger partial charge is 0.231 e. The number of aryl methyl sites for hydroxylation is 1. The van der Waals surface area contributed by atoms with Gasteiger partial charge in [-0.3, -0.25) is 9.69 Å². The average Bonchev–Trinajstić information content (AvgIpc) is 2.30. The molecule has 1 aromatic rings. The number of hydrogen-bond donors (Lipinski definition) is 1.